The summed E-state index contributed by atoms with van der Waals surface area (Å²) in [4.78, 5) is 16.8. The molecule has 0 fully saturated rings. The van der Waals surface area contributed by atoms with Crippen LogP contribution in [0.15, 0.2) is 47.4 Å². The van der Waals surface area contributed by atoms with Crippen molar-refractivity contribution in [3.05, 3.63) is 47.5 Å². The molecular weight excluding hydrogens is 458 g/mol. The summed E-state index contributed by atoms with van der Waals surface area (Å²) in [5.74, 6) is 0.168. The number of halogens is 1. The fraction of sp³-hybridized carbons (Fsp3) is 0.333. The van der Waals surface area contributed by atoms with Crippen LogP contribution in [-0.2, 0) is 14.8 Å². The molecule has 1 heterocycles. The molecule has 3 rings (SSSR count). The maximum Gasteiger partial charge on any atom is 0.264 e. The van der Waals surface area contributed by atoms with Gasteiger partial charge in [0.15, 0.2) is 11.7 Å². The van der Waals surface area contributed by atoms with Gasteiger partial charge in [-0.3, -0.25) is 10.1 Å². The van der Waals surface area contributed by atoms with Crippen molar-refractivity contribution in [2.75, 3.05) is 25.0 Å². The average molecular weight is 482 g/mol. The van der Waals surface area contributed by atoms with E-state index in [1.165, 1.54) is 15.6 Å². The van der Waals surface area contributed by atoms with Crippen LogP contribution < -0.4 is 10.1 Å². The number of sulfonamides is 1. The minimum Gasteiger partial charge on any atom is -0.484 e. The van der Waals surface area contributed by atoms with Crippen LogP contribution in [0.2, 0.25) is 5.02 Å². The van der Waals surface area contributed by atoms with Crippen LogP contribution in [0.3, 0.4) is 0 Å². The van der Waals surface area contributed by atoms with Crippen LogP contribution in [0.25, 0.3) is 10.2 Å². The lowest BCUT2D eigenvalue weighted by molar-refractivity contribution is -0.118. The number of carbonyl (C=O) groups is 1. The minimum atomic E-state index is -3.58. The van der Waals surface area contributed by atoms with Gasteiger partial charge in [0.05, 0.1) is 15.1 Å². The monoisotopic (exact) mass is 481 g/mol. The molecule has 0 atom stereocenters. The molecule has 0 spiro atoms. The number of fused-ring (bicyclic) bond motifs is 1. The topological polar surface area (TPSA) is 88.6 Å². The molecule has 31 heavy (non-hydrogen) atoms. The van der Waals surface area contributed by atoms with E-state index in [1.54, 1.807) is 42.5 Å². The van der Waals surface area contributed by atoms with Gasteiger partial charge in [0.2, 0.25) is 10.0 Å². The molecule has 0 bridgehead atoms. The molecule has 10 heteroatoms. The zero-order valence-electron chi connectivity index (χ0n) is 17.3. The van der Waals surface area contributed by atoms with Crippen molar-refractivity contribution in [1.82, 2.24) is 9.29 Å². The summed E-state index contributed by atoms with van der Waals surface area (Å²) in [7, 11) is -3.58. The number of hydrogen-bond donors (Lipinski definition) is 1. The summed E-state index contributed by atoms with van der Waals surface area (Å²) in [5, 5.41) is 3.66. The van der Waals surface area contributed by atoms with E-state index in [-0.39, 0.29) is 17.4 Å². The van der Waals surface area contributed by atoms with Crippen molar-refractivity contribution in [1.29, 1.82) is 0 Å². The van der Waals surface area contributed by atoms with Gasteiger partial charge in [-0.2, -0.15) is 4.31 Å². The summed E-state index contributed by atoms with van der Waals surface area (Å²) in [6, 6.07) is 11.5. The second-order valence-electron chi connectivity index (χ2n) is 6.84. The van der Waals surface area contributed by atoms with Crippen LogP contribution in [-0.4, -0.2) is 43.3 Å². The molecule has 0 radical (unpaired) electrons. The smallest absolute Gasteiger partial charge is 0.264 e. The highest BCUT2D eigenvalue weighted by molar-refractivity contribution is 7.89. The van der Waals surface area contributed by atoms with Crippen molar-refractivity contribution in [3.8, 4) is 5.75 Å². The number of rotatable bonds is 10. The van der Waals surface area contributed by atoms with E-state index in [0.717, 1.165) is 12.8 Å². The number of benzene rings is 2. The summed E-state index contributed by atoms with van der Waals surface area (Å²) in [6.45, 7) is 4.68. The maximum absolute atomic E-state index is 13.0. The van der Waals surface area contributed by atoms with Gasteiger partial charge < -0.3 is 4.74 Å². The highest BCUT2D eigenvalue weighted by Crippen LogP contribution is 2.29. The summed E-state index contributed by atoms with van der Waals surface area (Å²) >= 11 is 7.05. The Kier molecular flexibility index (Phi) is 7.88. The number of amides is 1. The molecule has 166 valence electrons. The predicted molar refractivity (Wildman–Crippen MR) is 125 cm³/mol. The molecule has 1 N–H and O–H groups in total. The summed E-state index contributed by atoms with van der Waals surface area (Å²) in [6.07, 6.45) is 1.49. The molecule has 0 aliphatic heterocycles. The lowest BCUT2D eigenvalue weighted by Gasteiger charge is -2.20. The first-order valence-electron chi connectivity index (χ1n) is 9.92. The molecule has 0 saturated heterocycles. The zero-order valence-corrected chi connectivity index (χ0v) is 19.7. The molecule has 0 aliphatic rings. The Bertz CT molecular complexity index is 1140. The number of aromatic nitrogens is 1. The third-order valence-corrected chi connectivity index (χ3v) is 7.45. The predicted octanol–water partition coefficient (Wildman–Crippen LogP) is 4.78. The molecule has 7 nitrogen and oxygen atoms in total. The van der Waals surface area contributed by atoms with E-state index >= 15 is 0 Å². The molecule has 1 amide bonds. The molecule has 0 saturated carbocycles. The van der Waals surface area contributed by atoms with E-state index in [0.29, 0.717) is 39.2 Å². The number of nitrogens with one attached hydrogen (secondary N) is 1. The van der Waals surface area contributed by atoms with Gasteiger partial charge in [0.25, 0.3) is 5.91 Å². The van der Waals surface area contributed by atoms with Gasteiger partial charge in [-0.05, 0) is 55.3 Å². The fourth-order valence-electron chi connectivity index (χ4n) is 2.95. The van der Waals surface area contributed by atoms with Crippen LogP contribution in [0.1, 0.15) is 26.7 Å². The van der Waals surface area contributed by atoms with Crippen LogP contribution in [0.4, 0.5) is 5.13 Å². The van der Waals surface area contributed by atoms with Crippen molar-refractivity contribution in [2.45, 2.75) is 31.6 Å². The van der Waals surface area contributed by atoms with E-state index in [9.17, 15) is 13.2 Å². The Hall–Kier alpha value is -2.20. The number of anilines is 1. The molecule has 1 aromatic heterocycles. The number of carbonyl (C=O) groups excluding carboxylic acids is 1. The first kappa shape index (κ1) is 23.5. The lowest BCUT2D eigenvalue weighted by Crippen LogP contribution is -2.32. The van der Waals surface area contributed by atoms with Gasteiger partial charge in [-0.15, -0.1) is 0 Å². The van der Waals surface area contributed by atoms with Crippen LogP contribution in [0, 0.1) is 0 Å². The van der Waals surface area contributed by atoms with Crippen LogP contribution in [0.5, 0.6) is 5.75 Å². The minimum absolute atomic E-state index is 0.180. The zero-order chi connectivity index (χ0) is 22.4. The maximum atomic E-state index is 13.0. The van der Waals surface area contributed by atoms with Gasteiger partial charge in [0.1, 0.15) is 5.75 Å². The fourth-order valence-corrected chi connectivity index (χ4v) is 5.73. The van der Waals surface area contributed by atoms with Crippen molar-refractivity contribution in [2.24, 2.45) is 0 Å². The Morgan fingerprint density at radius 2 is 1.81 bits per heavy atom. The first-order chi connectivity index (χ1) is 14.8. The van der Waals surface area contributed by atoms with Crippen molar-refractivity contribution >= 4 is 54.2 Å². The number of thiazole rings is 1. The van der Waals surface area contributed by atoms with Gasteiger partial charge in [-0.1, -0.05) is 36.8 Å². The second kappa shape index (κ2) is 10.4. The Morgan fingerprint density at radius 3 is 2.45 bits per heavy atom. The van der Waals surface area contributed by atoms with E-state index in [2.05, 4.69) is 10.3 Å². The summed E-state index contributed by atoms with van der Waals surface area (Å²) in [5.41, 5.74) is 0.621. The molecule has 2 aromatic carbocycles. The second-order valence-corrected chi connectivity index (χ2v) is 10.2. The van der Waals surface area contributed by atoms with Crippen LogP contribution >= 0.6 is 22.9 Å². The Labute approximate surface area is 191 Å². The largest absolute Gasteiger partial charge is 0.484 e. The first-order valence-corrected chi connectivity index (χ1v) is 12.6. The third kappa shape index (κ3) is 5.94. The molecular formula is C21H24ClN3O4S2. The van der Waals surface area contributed by atoms with Gasteiger partial charge in [0, 0.05) is 18.1 Å². The number of hydrogen-bond acceptors (Lipinski definition) is 6. The highest BCUT2D eigenvalue weighted by Gasteiger charge is 2.23. The van der Waals surface area contributed by atoms with Gasteiger partial charge in [-0.25, -0.2) is 13.4 Å². The van der Waals surface area contributed by atoms with E-state index in [1.807, 2.05) is 13.8 Å². The SMILES string of the molecule is CCCN(CCC)S(=O)(=O)c1ccc2nc(NC(=O)COc3ccc(Cl)cc3)sc2c1. The molecule has 0 aliphatic carbocycles. The van der Waals surface area contributed by atoms with E-state index in [4.69, 9.17) is 16.3 Å². The highest BCUT2D eigenvalue weighted by atomic mass is 35.5. The summed E-state index contributed by atoms with van der Waals surface area (Å²) < 4.78 is 33.6. The number of nitrogens with zero attached hydrogens (tertiary/aromatic N) is 2. The molecule has 3 aromatic rings. The van der Waals surface area contributed by atoms with E-state index < -0.39 is 10.0 Å². The Morgan fingerprint density at radius 1 is 1.13 bits per heavy atom. The Balaban J connectivity index is 1.71. The standard InChI is InChI=1S/C21H24ClN3O4S2/c1-3-11-25(12-4-2)31(27,28)17-9-10-18-19(13-17)30-21(23-18)24-20(26)14-29-16-7-5-15(22)6-8-16/h5-10,13H,3-4,11-12,14H2,1-2H3,(H,23,24,26). The molecule has 0 unspecified atom stereocenters. The van der Waals surface area contributed by atoms with Crippen molar-refractivity contribution in [3.63, 3.8) is 0 Å². The lowest BCUT2D eigenvalue weighted by atomic mass is 10.3. The number of ether oxygens (including phenoxy) is 1. The van der Waals surface area contributed by atoms with Crippen molar-refractivity contribution < 1.29 is 17.9 Å². The van der Waals surface area contributed by atoms with Gasteiger partial charge >= 0.3 is 0 Å². The third-order valence-electron chi connectivity index (χ3n) is 4.37. The average Bonchev–Trinajstić information content (AvgIpc) is 3.14. The normalized spacial score (nSPS) is 11.7. The quantitative estimate of drug-likeness (QED) is 0.450.